The largest absolute Gasteiger partial charge is 0.412 e. The minimum atomic E-state index is -0.746. The Morgan fingerprint density at radius 1 is 1.23 bits per heavy atom. The molecule has 1 amide bonds. The fourth-order valence-corrected chi connectivity index (χ4v) is 3.59. The first-order valence-electron chi connectivity index (χ1n) is 9.13. The molecular formula is C21H17FN4O3S. The Bertz CT molecular complexity index is 1230. The van der Waals surface area contributed by atoms with E-state index in [1.165, 1.54) is 34.2 Å². The van der Waals surface area contributed by atoms with Crippen molar-refractivity contribution in [3.05, 3.63) is 70.4 Å². The Morgan fingerprint density at radius 2 is 2.07 bits per heavy atom. The van der Waals surface area contributed by atoms with Crippen LogP contribution in [0.3, 0.4) is 0 Å². The van der Waals surface area contributed by atoms with E-state index in [4.69, 9.17) is 4.74 Å². The summed E-state index contributed by atoms with van der Waals surface area (Å²) in [5, 5.41) is 8.67. The fraction of sp³-hybridized carbons (Fsp3) is 0.143. The monoisotopic (exact) mass is 424 g/mol. The number of nitrogens with one attached hydrogen (secondary N) is 1. The van der Waals surface area contributed by atoms with Gasteiger partial charge in [-0.1, -0.05) is 6.07 Å². The molecule has 7 nitrogen and oxygen atoms in total. The van der Waals surface area contributed by atoms with Crippen LogP contribution in [0, 0.1) is 5.82 Å². The summed E-state index contributed by atoms with van der Waals surface area (Å²) >= 11 is 1.34. The molecule has 9 heteroatoms. The Kier molecular flexibility index (Phi) is 5.28. The Labute approximate surface area is 175 Å². The zero-order valence-electron chi connectivity index (χ0n) is 16.1. The summed E-state index contributed by atoms with van der Waals surface area (Å²) in [5.74, 6) is -1.05. The highest BCUT2D eigenvalue weighted by atomic mass is 32.1. The van der Waals surface area contributed by atoms with E-state index in [1.54, 1.807) is 44.3 Å². The lowest BCUT2D eigenvalue weighted by Crippen LogP contribution is -2.32. The lowest BCUT2D eigenvalue weighted by atomic mass is 10.1. The smallest absolute Gasteiger partial charge is 0.407 e. The second kappa shape index (κ2) is 8.03. The summed E-state index contributed by atoms with van der Waals surface area (Å²) in [6.45, 7) is 3.54. The molecule has 0 aliphatic rings. The first-order valence-corrected chi connectivity index (χ1v) is 10.0. The van der Waals surface area contributed by atoms with Gasteiger partial charge in [0.25, 0.3) is 0 Å². The number of nitrogens with zero attached hydrogens (tertiary/aromatic N) is 3. The highest BCUT2D eigenvalue weighted by Gasteiger charge is 2.19. The lowest BCUT2D eigenvalue weighted by molar-refractivity contribution is 0.104. The molecule has 3 heterocycles. The van der Waals surface area contributed by atoms with Crippen LogP contribution in [0.15, 0.2) is 54.2 Å². The molecule has 1 N–H and O–H groups in total. The molecule has 0 aliphatic heterocycles. The molecule has 1 aromatic carbocycles. The Morgan fingerprint density at radius 3 is 2.80 bits per heavy atom. The second-order valence-electron chi connectivity index (χ2n) is 6.76. The molecule has 4 aromatic rings. The summed E-state index contributed by atoms with van der Waals surface area (Å²) in [7, 11) is 0. The summed E-state index contributed by atoms with van der Waals surface area (Å²) in [5.41, 5.74) is 1.87. The number of benzene rings is 1. The van der Waals surface area contributed by atoms with Crippen molar-refractivity contribution in [2.45, 2.75) is 19.9 Å². The molecule has 3 aromatic heterocycles. The molecule has 0 unspecified atom stereocenters. The van der Waals surface area contributed by atoms with Crippen molar-refractivity contribution in [3.63, 3.8) is 0 Å². The van der Waals surface area contributed by atoms with Gasteiger partial charge in [-0.15, -0.1) is 11.3 Å². The van der Waals surface area contributed by atoms with Crippen molar-refractivity contribution in [1.29, 1.82) is 0 Å². The normalized spacial score (nSPS) is 11.1. The van der Waals surface area contributed by atoms with Crippen LogP contribution < -0.4 is 10.1 Å². The summed E-state index contributed by atoms with van der Waals surface area (Å²) in [4.78, 5) is 29.5. The number of fused-ring (bicyclic) bond motifs is 1. The number of amides is 1. The standard InChI is InChI=1S/C21H17FN4O3S/c1-12(2)25-21(28)29-17-10-13(5-6-15(17)22)16-7-8-23-20-14(11-24-26(16)20)19(27)18-4-3-9-30-18/h3-12H,1-2H3,(H,25,28). The first-order chi connectivity index (χ1) is 14.4. The van der Waals surface area contributed by atoms with E-state index in [9.17, 15) is 14.0 Å². The third kappa shape index (κ3) is 3.79. The summed E-state index contributed by atoms with van der Waals surface area (Å²) < 4.78 is 20.8. The number of aromatic nitrogens is 3. The van der Waals surface area contributed by atoms with Crippen molar-refractivity contribution in [2.24, 2.45) is 0 Å². The molecule has 4 rings (SSSR count). The molecule has 0 atom stereocenters. The van der Waals surface area contributed by atoms with Crippen LogP contribution in [0.5, 0.6) is 5.75 Å². The van der Waals surface area contributed by atoms with Crippen LogP contribution in [-0.4, -0.2) is 32.5 Å². The lowest BCUT2D eigenvalue weighted by Gasteiger charge is -2.11. The highest BCUT2D eigenvalue weighted by Crippen LogP contribution is 2.28. The van der Waals surface area contributed by atoms with Gasteiger partial charge in [0.05, 0.1) is 22.3 Å². The topological polar surface area (TPSA) is 85.6 Å². The van der Waals surface area contributed by atoms with Crippen molar-refractivity contribution in [3.8, 4) is 17.0 Å². The van der Waals surface area contributed by atoms with E-state index >= 15 is 0 Å². The van der Waals surface area contributed by atoms with Gasteiger partial charge >= 0.3 is 6.09 Å². The zero-order chi connectivity index (χ0) is 21.3. The minimum Gasteiger partial charge on any atom is -0.407 e. The molecule has 152 valence electrons. The molecule has 0 spiro atoms. The summed E-state index contributed by atoms with van der Waals surface area (Å²) in [6, 6.07) is 9.24. The van der Waals surface area contributed by atoms with Crippen LogP contribution in [0.4, 0.5) is 9.18 Å². The number of ether oxygens (including phenoxy) is 1. The number of carbonyl (C=O) groups excluding carboxylic acids is 2. The van der Waals surface area contributed by atoms with Gasteiger partial charge in [0, 0.05) is 17.8 Å². The predicted molar refractivity (Wildman–Crippen MR) is 110 cm³/mol. The van der Waals surface area contributed by atoms with Gasteiger partial charge in [-0.05, 0) is 49.6 Å². The third-order valence-corrected chi connectivity index (χ3v) is 5.10. The maximum Gasteiger partial charge on any atom is 0.412 e. The molecule has 0 bridgehead atoms. The van der Waals surface area contributed by atoms with Crippen LogP contribution >= 0.6 is 11.3 Å². The predicted octanol–water partition coefficient (Wildman–Crippen LogP) is 4.32. The Balaban J connectivity index is 1.73. The van der Waals surface area contributed by atoms with Gasteiger partial charge in [-0.3, -0.25) is 4.79 Å². The van der Waals surface area contributed by atoms with E-state index in [1.807, 2.05) is 5.38 Å². The highest BCUT2D eigenvalue weighted by molar-refractivity contribution is 7.12. The zero-order valence-corrected chi connectivity index (χ0v) is 16.9. The summed E-state index contributed by atoms with van der Waals surface area (Å²) in [6.07, 6.45) is 2.27. The van der Waals surface area contributed by atoms with Crippen molar-refractivity contribution >= 4 is 28.9 Å². The molecule has 0 fully saturated rings. The first kappa shape index (κ1) is 19.7. The molecule has 0 saturated heterocycles. The van der Waals surface area contributed by atoms with Gasteiger partial charge in [0.2, 0.25) is 5.78 Å². The van der Waals surface area contributed by atoms with Gasteiger partial charge in [0.1, 0.15) is 0 Å². The van der Waals surface area contributed by atoms with E-state index < -0.39 is 11.9 Å². The number of ketones is 1. The van der Waals surface area contributed by atoms with Gasteiger partial charge in [-0.25, -0.2) is 18.7 Å². The van der Waals surface area contributed by atoms with E-state index in [0.29, 0.717) is 27.3 Å². The average Bonchev–Trinajstić information content (AvgIpc) is 3.38. The molecule has 0 saturated carbocycles. The minimum absolute atomic E-state index is 0.146. The SMILES string of the molecule is CC(C)NC(=O)Oc1cc(-c2ccnc3c(C(=O)c4cccs4)cnn23)ccc1F. The van der Waals surface area contributed by atoms with Crippen molar-refractivity contribution < 1.29 is 18.7 Å². The molecule has 0 radical (unpaired) electrons. The molecule has 30 heavy (non-hydrogen) atoms. The van der Waals surface area contributed by atoms with Gasteiger partial charge in [-0.2, -0.15) is 5.10 Å². The molecular weight excluding hydrogens is 407 g/mol. The van der Waals surface area contributed by atoms with Gasteiger partial charge < -0.3 is 10.1 Å². The van der Waals surface area contributed by atoms with Crippen LogP contribution in [0.25, 0.3) is 16.9 Å². The van der Waals surface area contributed by atoms with Crippen molar-refractivity contribution in [2.75, 3.05) is 0 Å². The van der Waals surface area contributed by atoms with E-state index in [0.717, 1.165) is 0 Å². The van der Waals surface area contributed by atoms with E-state index in [-0.39, 0.29) is 17.6 Å². The maximum absolute atomic E-state index is 14.2. The number of rotatable bonds is 5. The maximum atomic E-state index is 14.2. The number of hydrogen-bond donors (Lipinski definition) is 1. The second-order valence-corrected chi connectivity index (χ2v) is 7.71. The van der Waals surface area contributed by atoms with E-state index in [2.05, 4.69) is 15.4 Å². The number of thiophene rings is 1. The Hall–Kier alpha value is -3.59. The number of hydrogen-bond acceptors (Lipinski definition) is 6. The van der Waals surface area contributed by atoms with Crippen molar-refractivity contribution in [1.82, 2.24) is 19.9 Å². The van der Waals surface area contributed by atoms with Crippen LogP contribution in [0.1, 0.15) is 29.1 Å². The average molecular weight is 424 g/mol. The number of carbonyl (C=O) groups is 2. The van der Waals surface area contributed by atoms with Gasteiger partial charge in [0.15, 0.2) is 17.2 Å². The molecule has 0 aliphatic carbocycles. The third-order valence-electron chi connectivity index (χ3n) is 4.23. The number of halogens is 1. The van der Waals surface area contributed by atoms with Crippen LogP contribution in [0.2, 0.25) is 0 Å². The quantitative estimate of drug-likeness (QED) is 0.482. The van der Waals surface area contributed by atoms with Crippen LogP contribution in [-0.2, 0) is 0 Å². The fourth-order valence-electron chi connectivity index (χ4n) is 2.92.